The Labute approximate surface area is 171 Å². The van der Waals surface area contributed by atoms with Gasteiger partial charge in [-0.2, -0.15) is 0 Å². The van der Waals surface area contributed by atoms with Crippen molar-refractivity contribution in [2.75, 3.05) is 13.6 Å². The molecule has 2 amide bonds. The number of amides is 2. The fraction of sp³-hybridized carbons (Fsp3) is 0.350. The molecule has 1 aliphatic carbocycles. The van der Waals surface area contributed by atoms with Gasteiger partial charge >= 0.3 is 6.03 Å². The van der Waals surface area contributed by atoms with E-state index >= 15 is 0 Å². The molecule has 29 heavy (non-hydrogen) atoms. The first-order valence-electron chi connectivity index (χ1n) is 9.31. The van der Waals surface area contributed by atoms with E-state index in [0.29, 0.717) is 23.6 Å². The number of benzene rings is 1. The molecule has 0 radical (unpaired) electrons. The van der Waals surface area contributed by atoms with E-state index in [9.17, 15) is 18.2 Å². The summed E-state index contributed by atoms with van der Waals surface area (Å²) in [6, 6.07) is 9.49. The number of nitrogens with one attached hydrogen (secondary N) is 3. The van der Waals surface area contributed by atoms with E-state index in [1.807, 2.05) is 0 Å². The third kappa shape index (κ3) is 4.86. The first-order chi connectivity index (χ1) is 14.0. The van der Waals surface area contributed by atoms with E-state index in [2.05, 4.69) is 20.3 Å². The molecular formula is C20H23FN4O3S. The molecule has 1 aliphatic rings. The van der Waals surface area contributed by atoms with Crippen LogP contribution in [0.5, 0.6) is 0 Å². The monoisotopic (exact) mass is 418 g/mol. The quantitative estimate of drug-likeness (QED) is 0.600. The van der Waals surface area contributed by atoms with E-state index in [1.165, 1.54) is 13.1 Å². The predicted molar refractivity (Wildman–Crippen MR) is 108 cm³/mol. The average molecular weight is 418 g/mol. The maximum atomic E-state index is 13.0. The van der Waals surface area contributed by atoms with Crippen molar-refractivity contribution in [2.24, 2.45) is 5.92 Å². The number of aldehydes is 1. The van der Waals surface area contributed by atoms with Crippen molar-refractivity contribution < 1.29 is 18.2 Å². The van der Waals surface area contributed by atoms with Crippen LogP contribution in [-0.2, 0) is 15.8 Å². The number of pyridine rings is 1. The molecule has 154 valence electrons. The highest BCUT2D eigenvalue weighted by atomic mass is 32.2. The number of aromatic nitrogens is 1. The van der Waals surface area contributed by atoms with Crippen LogP contribution in [0.3, 0.4) is 0 Å². The number of carbonyl (C=O) groups is 2. The van der Waals surface area contributed by atoms with Gasteiger partial charge in [-0.15, -0.1) is 0 Å². The van der Waals surface area contributed by atoms with Gasteiger partial charge in [-0.05, 0) is 37.1 Å². The number of hydrogen-bond acceptors (Lipinski definition) is 4. The van der Waals surface area contributed by atoms with Crippen molar-refractivity contribution in [3.8, 4) is 11.3 Å². The maximum absolute atomic E-state index is 13.0. The van der Waals surface area contributed by atoms with Gasteiger partial charge in [-0.3, -0.25) is 4.98 Å². The Balaban J connectivity index is 1.63. The highest BCUT2D eigenvalue weighted by Crippen LogP contribution is 2.34. The second kappa shape index (κ2) is 9.23. The van der Waals surface area contributed by atoms with Gasteiger partial charge in [0.05, 0.1) is 16.8 Å². The minimum Gasteiger partial charge on any atom is -0.341 e. The molecule has 7 nitrogen and oxygen atoms in total. The highest BCUT2D eigenvalue weighted by Gasteiger charge is 2.44. The van der Waals surface area contributed by atoms with Gasteiger partial charge in [0.2, 0.25) is 0 Å². The molecule has 0 spiro atoms. The fourth-order valence-electron chi connectivity index (χ4n) is 3.57. The Hall–Kier alpha value is -2.65. The second-order valence-electron chi connectivity index (χ2n) is 6.95. The Bertz CT molecular complexity index is 892. The second-order valence-corrected chi connectivity index (χ2v) is 8.25. The standard InChI is InChI=1S/C20H23FN4O3S/c1-22-19(27)25-20(13-26)10-2-3-15(20)11-24-29(28)17-7-4-14(5-8-17)18-9-6-16(21)12-23-18/h4-9,12-13,15,24H,2-3,10-11H2,1H3,(H2,22,25,27). The van der Waals surface area contributed by atoms with Crippen LogP contribution in [0.4, 0.5) is 9.18 Å². The summed E-state index contributed by atoms with van der Waals surface area (Å²) < 4.78 is 28.6. The average Bonchev–Trinajstić information content (AvgIpc) is 3.15. The molecule has 0 aliphatic heterocycles. The van der Waals surface area contributed by atoms with Crippen molar-refractivity contribution in [3.05, 3.63) is 48.4 Å². The van der Waals surface area contributed by atoms with Gasteiger partial charge in [0.1, 0.15) is 28.6 Å². The molecule has 1 heterocycles. The molecule has 0 bridgehead atoms. The van der Waals surface area contributed by atoms with E-state index in [4.69, 9.17) is 0 Å². The third-order valence-corrected chi connectivity index (χ3v) is 6.34. The lowest BCUT2D eigenvalue weighted by molar-refractivity contribution is -0.114. The first kappa shape index (κ1) is 21.1. The Morgan fingerprint density at radius 1 is 1.31 bits per heavy atom. The van der Waals surface area contributed by atoms with E-state index < -0.39 is 28.4 Å². The summed E-state index contributed by atoms with van der Waals surface area (Å²) >= 11 is 0. The van der Waals surface area contributed by atoms with Gasteiger partial charge in [0.25, 0.3) is 0 Å². The van der Waals surface area contributed by atoms with Crippen LogP contribution in [-0.4, -0.2) is 40.6 Å². The van der Waals surface area contributed by atoms with Gasteiger partial charge in [0.15, 0.2) is 0 Å². The van der Waals surface area contributed by atoms with E-state index in [0.717, 1.165) is 30.9 Å². The summed E-state index contributed by atoms with van der Waals surface area (Å²) in [5.41, 5.74) is 0.463. The topological polar surface area (TPSA) is 100 Å². The van der Waals surface area contributed by atoms with E-state index in [1.54, 1.807) is 30.3 Å². The molecule has 1 saturated carbocycles. The smallest absolute Gasteiger partial charge is 0.315 e. The lowest BCUT2D eigenvalue weighted by atomic mass is 9.88. The third-order valence-electron chi connectivity index (χ3n) is 5.21. The summed E-state index contributed by atoms with van der Waals surface area (Å²) in [4.78, 5) is 28.0. The Morgan fingerprint density at radius 3 is 2.69 bits per heavy atom. The van der Waals surface area contributed by atoms with Crippen molar-refractivity contribution >= 4 is 23.3 Å². The minimum atomic E-state index is -1.47. The molecule has 3 rings (SSSR count). The zero-order chi connectivity index (χ0) is 20.9. The number of hydrogen-bond donors (Lipinski definition) is 3. The van der Waals surface area contributed by atoms with Crippen molar-refractivity contribution in [3.63, 3.8) is 0 Å². The zero-order valence-electron chi connectivity index (χ0n) is 16.0. The fourth-order valence-corrected chi connectivity index (χ4v) is 4.47. The molecule has 9 heteroatoms. The molecule has 1 fully saturated rings. The van der Waals surface area contributed by atoms with Crippen LogP contribution >= 0.6 is 0 Å². The lowest BCUT2D eigenvalue weighted by Gasteiger charge is -2.31. The molecule has 3 atom stereocenters. The van der Waals surface area contributed by atoms with Crippen LogP contribution in [0.25, 0.3) is 11.3 Å². The molecule has 2 aromatic rings. The first-order valence-corrected chi connectivity index (χ1v) is 10.5. The number of carbonyl (C=O) groups excluding carboxylic acids is 2. The molecule has 0 saturated heterocycles. The van der Waals surface area contributed by atoms with Gasteiger partial charge in [-0.25, -0.2) is 18.1 Å². The SMILES string of the molecule is CNC(=O)NC1(C=O)CCCC1CNS(=O)c1ccc(-c2ccc(F)cn2)cc1. The summed E-state index contributed by atoms with van der Waals surface area (Å²) in [6.07, 6.45) is 4.05. The normalized spacial score (nSPS) is 22.1. The van der Waals surface area contributed by atoms with Crippen molar-refractivity contribution in [2.45, 2.75) is 29.7 Å². The van der Waals surface area contributed by atoms with Crippen molar-refractivity contribution in [1.82, 2.24) is 20.3 Å². The summed E-state index contributed by atoms with van der Waals surface area (Å²) in [7, 11) is 0.0242. The van der Waals surface area contributed by atoms with Crippen molar-refractivity contribution in [1.29, 1.82) is 0 Å². The van der Waals surface area contributed by atoms with Gasteiger partial charge in [0, 0.05) is 25.1 Å². The minimum absolute atomic E-state index is 0.149. The van der Waals surface area contributed by atoms with Crippen LogP contribution in [0.15, 0.2) is 47.5 Å². The summed E-state index contributed by atoms with van der Waals surface area (Å²) in [6.45, 7) is 0.330. The molecular weight excluding hydrogens is 395 g/mol. The maximum Gasteiger partial charge on any atom is 0.315 e. The highest BCUT2D eigenvalue weighted by molar-refractivity contribution is 7.83. The van der Waals surface area contributed by atoms with Crippen LogP contribution in [0.1, 0.15) is 19.3 Å². The molecule has 1 aromatic carbocycles. The van der Waals surface area contributed by atoms with Gasteiger partial charge in [-0.1, -0.05) is 18.6 Å². The van der Waals surface area contributed by atoms with Crippen LogP contribution < -0.4 is 15.4 Å². The van der Waals surface area contributed by atoms with Gasteiger partial charge < -0.3 is 15.4 Å². The summed E-state index contributed by atoms with van der Waals surface area (Å²) in [5.74, 6) is -0.552. The Kier molecular flexibility index (Phi) is 6.71. The van der Waals surface area contributed by atoms with Crippen LogP contribution in [0.2, 0.25) is 0 Å². The number of urea groups is 1. The largest absolute Gasteiger partial charge is 0.341 e. The molecule has 3 N–H and O–H groups in total. The summed E-state index contributed by atoms with van der Waals surface area (Å²) in [5, 5.41) is 5.21. The number of nitrogens with zero attached hydrogens (tertiary/aromatic N) is 1. The number of halogens is 1. The predicted octanol–water partition coefficient (Wildman–Crippen LogP) is 2.17. The Morgan fingerprint density at radius 2 is 2.07 bits per heavy atom. The number of rotatable bonds is 7. The molecule has 1 aromatic heterocycles. The zero-order valence-corrected chi connectivity index (χ0v) is 16.8. The van der Waals surface area contributed by atoms with E-state index in [-0.39, 0.29) is 5.92 Å². The lowest BCUT2D eigenvalue weighted by Crippen LogP contribution is -2.56. The van der Waals surface area contributed by atoms with Crippen LogP contribution in [0, 0.1) is 11.7 Å². The molecule has 3 unspecified atom stereocenters.